The van der Waals surface area contributed by atoms with Crippen LogP contribution in [0.3, 0.4) is 0 Å². The Morgan fingerprint density at radius 3 is 2.00 bits per heavy atom. The van der Waals surface area contributed by atoms with E-state index in [2.05, 4.69) is 0 Å². The SMILES string of the molecule is CC(C)(CO)C1OCC2(COCOC2C(C)(C)CO)CO1. The van der Waals surface area contributed by atoms with Crippen LogP contribution in [0.5, 0.6) is 0 Å². The Kier molecular flexibility index (Phi) is 4.97. The maximum Gasteiger partial charge on any atom is 0.164 e. The molecule has 2 rings (SSSR count). The van der Waals surface area contributed by atoms with Gasteiger partial charge in [0.1, 0.15) is 6.79 Å². The van der Waals surface area contributed by atoms with Gasteiger partial charge in [-0.3, -0.25) is 0 Å². The molecule has 2 saturated heterocycles. The molecule has 1 atom stereocenters. The predicted molar refractivity (Wildman–Crippen MR) is 75.6 cm³/mol. The van der Waals surface area contributed by atoms with E-state index in [1.807, 2.05) is 27.7 Å². The first-order valence-corrected chi connectivity index (χ1v) is 7.42. The highest BCUT2D eigenvalue weighted by atomic mass is 16.7. The molecule has 2 aliphatic heterocycles. The maximum absolute atomic E-state index is 9.64. The molecular formula is C15H28O6. The topological polar surface area (TPSA) is 77.4 Å². The summed E-state index contributed by atoms with van der Waals surface area (Å²) < 4.78 is 23.0. The van der Waals surface area contributed by atoms with Crippen LogP contribution in [0, 0.1) is 16.2 Å². The second-order valence-electron chi connectivity index (χ2n) is 7.62. The van der Waals surface area contributed by atoms with E-state index in [-0.39, 0.29) is 26.1 Å². The van der Waals surface area contributed by atoms with Crippen molar-refractivity contribution in [3.8, 4) is 0 Å². The van der Waals surface area contributed by atoms with Gasteiger partial charge in [0.15, 0.2) is 6.29 Å². The first kappa shape index (κ1) is 17.1. The van der Waals surface area contributed by atoms with Crippen LogP contribution >= 0.6 is 0 Å². The molecule has 0 bridgehead atoms. The van der Waals surface area contributed by atoms with Gasteiger partial charge in [-0.15, -0.1) is 0 Å². The summed E-state index contributed by atoms with van der Waals surface area (Å²) >= 11 is 0. The van der Waals surface area contributed by atoms with Crippen LogP contribution < -0.4 is 0 Å². The quantitative estimate of drug-likeness (QED) is 0.798. The molecule has 6 nitrogen and oxygen atoms in total. The second-order valence-corrected chi connectivity index (χ2v) is 7.62. The highest BCUT2D eigenvalue weighted by molar-refractivity contribution is 4.98. The third-order valence-corrected chi connectivity index (χ3v) is 4.47. The summed E-state index contributed by atoms with van der Waals surface area (Å²) in [6.45, 7) is 9.30. The van der Waals surface area contributed by atoms with Gasteiger partial charge in [0.05, 0.1) is 44.6 Å². The Bertz CT molecular complexity index is 346. The average Bonchev–Trinajstić information content (AvgIpc) is 2.48. The van der Waals surface area contributed by atoms with Gasteiger partial charge in [0, 0.05) is 10.8 Å². The van der Waals surface area contributed by atoms with E-state index in [0.29, 0.717) is 19.8 Å². The fourth-order valence-corrected chi connectivity index (χ4v) is 3.08. The second kappa shape index (κ2) is 6.10. The fourth-order valence-electron chi connectivity index (χ4n) is 3.08. The first-order valence-electron chi connectivity index (χ1n) is 7.42. The third-order valence-electron chi connectivity index (χ3n) is 4.47. The molecule has 0 aliphatic carbocycles. The number of aliphatic hydroxyl groups excluding tert-OH is 2. The fraction of sp³-hybridized carbons (Fsp3) is 1.00. The molecule has 6 heteroatoms. The molecule has 0 aromatic carbocycles. The number of rotatable bonds is 4. The van der Waals surface area contributed by atoms with Crippen molar-refractivity contribution in [3.63, 3.8) is 0 Å². The minimum Gasteiger partial charge on any atom is -0.396 e. The molecule has 0 saturated carbocycles. The Balaban J connectivity index is 2.12. The minimum atomic E-state index is -0.458. The largest absolute Gasteiger partial charge is 0.396 e. The van der Waals surface area contributed by atoms with E-state index < -0.39 is 22.5 Å². The van der Waals surface area contributed by atoms with Crippen molar-refractivity contribution in [3.05, 3.63) is 0 Å². The van der Waals surface area contributed by atoms with E-state index in [0.717, 1.165) is 0 Å². The van der Waals surface area contributed by atoms with Crippen LogP contribution in [0.15, 0.2) is 0 Å². The summed E-state index contributed by atoms with van der Waals surface area (Å²) in [6.07, 6.45) is -0.658. The number of aliphatic hydroxyl groups is 2. The molecule has 0 aromatic heterocycles. The monoisotopic (exact) mass is 304 g/mol. The highest BCUT2D eigenvalue weighted by Gasteiger charge is 2.53. The van der Waals surface area contributed by atoms with Crippen LogP contribution in [-0.4, -0.2) is 62.4 Å². The molecule has 2 N–H and O–H groups in total. The molecule has 0 aromatic rings. The molecule has 0 radical (unpaired) electrons. The van der Waals surface area contributed by atoms with Gasteiger partial charge in [0.2, 0.25) is 0 Å². The molecule has 1 unspecified atom stereocenters. The molecule has 1 spiro atoms. The summed E-state index contributed by atoms with van der Waals surface area (Å²) in [5.74, 6) is 0. The van der Waals surface area contributed by atoms with Gasteiger partial charge < -0.3 is 29.2 Å². The molecule has 2 heterocycles. The Morgan fingerprint density at radius 2 is 1.48 bits per heavy atom. The lowest BCUT2D eigenvalue weighted by Crippen LogP contribution is -2.62. The molecule has 2 aliphatic rings. The van der Waals surface area contributed by atoms with Gasteiger partial charge in [-0.2, -0.15) is 0 Å². The summed E-state index contributed by atoms with van der Waals surface area (Å²) in [7, 11) is 0. The van der Waals surface area contributed by atoms with Gasteiger partial charge in [0.25, 0.3) is 0 Å². The van der Waals surface area contributed by atoms with Crippen molar-refractivity contribution in [2.24, 2.45) is 16.2 Å². The van der Waals surface area contributed by atoms with Crippen molar-refractivity contribution in [1.82, 2.24) is 0 Å². The number of hydrogen-bond donors (Lipinski definition) is 2. The number of hydrogen-bond acceptors (Lipinski definition) is 6. The van der Waals surface area contributed by atoms with E-state index in [4.69, 9.17) is 18.9 Å². The Hall–Kier alpha value is -0.240. The normalized spacial score (nSPS) is 35.1. The van der Waals surface area contributed by atoms with Crippen LogP contribution in [0.4, 0.5) is 0 Å². The number of ether oxygens (including phenoxy) is 4. The smallest absolute Gasteiger partial charge is 0.164 e. The van der Waals surface area contributed by atoms with E-state index in [1.165, 1.54) is 0 Å². The first-order chi connectivity index (χ1) is 9.77. The Labute approximate surface area is 126 Å². The molecule has 21 heavy (non-hydrogen) atoms. The van der Waals surface area contributed by atoms with Crippen molar-refractivity contribution in [1.29, 1.82) is 0 Å². The molecule has 2 fully saturated rings. The van der Waals surface area contributed by atoms with E-state index in [9.17, 15) is 10.2 Å². The van der Waals surface area contributed by atoms with Crippen LogP contribution in [0.2, 0.25) is 0 Å². The summed E-state index contributed by atoms with van der Waals surface area (Å²) in [6, 6.07) is 0. The minimum absolute atomic E-state index is 0.0107. The summed E-state index contributed by atoms with van der Waals surface area (Å²) in [5.41, 5.74) is -1.29. The molecule has 124 valence electrons. The summed E-state index contributed by atoms with van der Waals surface area (Å²) in [4.78, 5) is 0. The molecular weight excluding hydrogens is 276 g/mol. The van der Waals surface area contributed by atoms with E-state index in [1.54, 1.807) is 0 Å². The third kappa shape index (κ3) is 3.25. The van der Waals surface area contributed by atoms with Gasteiger partial charge >= 0.3 is 0 Å². The van der Waals surface area contributed by atoms with Crippen LogP contribution in [-0.2, 0) is 18.9 Å². The zero-order valence-electron chi connectivity index (χ0n) is 13.4. The van der Waals surface area contributed by atoms with Crippen molar-refractivity contribution >= 4 is 0 Å². The zero-order valence-corrected chi connectivity index (χ0v) is 13.4. The predicted octanol–water partition coefficient (Wildman–Crippen LogP) is 0.756. The lowest BCUT2D eigenvalue weighted by atomic mass is 9.70. The summed E-state index contributed by atoms with van der Waals surface area (Å²) in [5, 5.41) is 19.1. The standard InChI is InChI=1S/C15H28O6/c1-13(2,5-16)11-15(7-18-10-21-11)8-19-12(20-9-15)14(3,4)6-17/h11-12,16-17H,5-10H2,1-4H3. The van der Waals surface area contributed by atoms with Crippen molar-refractivity contribution in [2.75, 3.05) is 39.8 Å². The zero-order chi connectivity index (χ0) is 15.7. The lowest BCUT2D eigenvalue weighted by molar-refractivity contribution is -0.338. The Morgan fingerprint density at radius 1 is 0.905 bits per heavy atom. The highest BCUT2D eigenvalue weighted by Crippen LogP contribution is 2.43. The van der Waals surface area contributed by atoms with Crippen LogP contribution in [0.25, 0.3) is 0 Å². The van der Waals surface area contributed by atoms with Crippen LogP contribution in [0.1, 0.15) is 27.7 Å². The average molecular weight is 304 g/mol. The van der Waals surface area contributed by atoms with Crippen molar-refractivity contribution < 1.29 is 29.2 Å². The van der Waals surface area contributed by atoms with E-state index >= 15 is 0 Å². The maximum atomic E-state index is 9.64. The lowest BCUT2D eigenvalue weighted by Gasteiger charge is -2.52. The van der Waals surface area contributed by atoms with Gasteiger partial charge in [-0.25, -0.2) is 0 Å². The van der Waals surface area contributed by atoms with Crippen molar-refractivity contribution in [2.45, 2.75) is 40.1 Å². The van der Waals surface area contributed by atoms with Gasteiger partial charge in [-0.05, 0) is 0 Å². The van der Waals surface area contributed by atoms with Gasteiger partial charge in [-0.1, -0.05) is 27.7 Å². The molecule has 0 amide bonds.